The molecule has 2 amide bonds. The van der Waals surface area contributed by atoms with Gasteiger partial charge >= 0.3 is 0 Å². The largest absolute Gasteiger partial charge is 0.486 e. The molecule has 0 N–H and O–H groups in total. The highest BCUT2D eigenvalue weighted by Crippen LogP contribution is 2.37. The lowest BCUT2D eigenvalue weighted by Crippen LogP contribution is -2.42. The van der Waals surface area contributed by atoms with Crippen molar-refractivity contribution in [2.75, 3.05) is 18.1 Å². The molecule has 4 rings (SSSR count). The quantitative estimate of drug-likeness (QED) is 0.798. The van der Waals surface area contributed by atoms with Crippen LogP contribution in [0.5, 0.6) is 11.5 Å². The minimum atomic E-state index is -0.184. The van der Waals surface area contributed by atoms with Gasteiger partial charge in [0.1, 0.15) is 13.2 Å². The van der Waals surface area contributed by atoms with Crippen LogP contribution in [-0.2, 0) is 9.59 Å². The van der Waals surface area contributed by atoms with Gasteiger partial charge in [-0.2, -0.15) is 0 Å². The second-order valence-electron chi connectivity index (χ2n) is 5.97. The summed E-state index contributed by atoms with van der Waals surface area (Å²) in [6, 6.07) is 14.9. The molecule has 2 aromatic carbocycles. The smallest absolute Gasteiger partial charge is 0.234 e. The predicted molar refractivity (Wildman–Crippen MR) is 88.3 cm³/mol. The third-order valence-electron chi connectivity index (χ3n) is 4.40. The Labute approximate surface area is 139 Å². The van der Waals surface area contributed by atoms with Crippen molar-refractivity contribution < 1.29 is 19.1 Å². The van der Waals surface area contributed by atoms with E-state index < -0.39 is 0 Å². The Bertz CT molecular complexity index is 769. The number of carbonyl (C=O) groups excluding carboxylic acids is 2. The summed E-state index contributed by atoms with van der Waals surface area (Å²) in [6.07, 6.45) is 0.647. The van der Waals surface area contributed by atoms with Crippen molar-refractivity contribution in [3.05, 3.63) is 54.1 Å². The molecule has 0 aromatic heterocycles. The minimum absolute atomic E-state index is 0.0559. The molecule has 0 saturated carbocycles. The van der Waals surface area contributed by atoms with Crippen LogP contribution >= 0.6 is 0 Å². The van der Waals surface area contributed by atoms with Crippen LogP contribution in [0.25, 0.3) is 0 Å². The third-order valence-corrected chi connectivity index (χ3v) is 4.40. The van der Waals surface area contributed by atoms with Crippen LogP contribution in [0.3, 0.4) is 0 Å². The Kier molecular flexibility index (Phi) is 3.69. The zero-order valence-corrected chi connectivity index (χ0v) is 13.1. The van der Waals surface area contributed by atoms with E-state index in [4.69, 9.17) is 9.47 Å². The summed E-state index contributed by atoms with van der Waals surface area (Å²) >= 11 is 0. The van der Waals surface area contributed by atoms with Crippen molar-refractivity contribution >= 4 is 17.5 Å². The number of amides is 2. The molecular weight excluding hydrogens is 306 g/mol. The number of hydrogen-bond donors (Lipinski definition) is 0. The summed E-state index contributed by atoms with van der Waals surface area (Å²) in [5.41, 5.74) is 1.57. The van der Waals surface area contributed by atoms with Crippen LogP contribution in [-0.4, -0.2) is 25.0 Å². The number of hydrogen-bond acceptors (Lipinski definition) is 4. The van der Waals surface area contributed by atoms with E-state index in [0.29, 0.717) is 43.2 Å². The maximum atomic E-state index is 12.6. The monoisotopic (exact) mass is 323 g/mol. The summed E-state index contributed by atoms with van der Waals surface area (Å²) < 4.78 is 11.0. The topological polar surface area (TPSA) is 55.8 Å². The fourth-order valence-corrected chi connectivity index (χ4v) is 3.24. The molecule has 1 fully saturated rings. The third kappa shape index (κ3) is 2.62. The van der Waals surface area contributed by atoms with Crippen LogP contribution < -0.4 is 14.4 Å². The molecule has 2 aliphatic rings. The summed E-state index contributed by atoms with van der Waals surface area (Å²) in [7, 11) is 0. The second-order valence-corrected chi connectivity index (χ2v) is 5.97. The maximum Gasteiger partial charge on any atom is 0.234 e. The Morgan fingerprint density at radius 1 is 0.833 bits per heavy atom. The van der Waals surface area contributed by atoms with E-state index in [1.165, 1.54) is 4.90 Å². The fourth-order valence-electron chi connectivity index (χ4n) is 3.24. The number of piperidine rings is 1. The molecule has 0 bridgehead atoms. The Hall–Kier alpha value is -2.82. The van der Waals surface area contributed by atoms with E-state index in [1.807, 2.05) is 30.3 Å². The molecule has 2 aliphatic heterocycles. The lowest BCUT2D eigenvalue weighted by molar-refractivity contribution is -0.129. The van der Waals surface area contributed by atoms with E-state index in [0.717, 1.165) is 5.56 Å². The minimum Gasteiger partial charge on any atom is -0.486 e. The molecule has 0 radical (unpaired) electrons. The Balaban J connectivity index is 1.59. The van der Waals surface area contributed by atoms with Gasteiger partial charge in [-0.25, -0.2) is 0 Å². The highest BCUT2D eigenvalue weighted by atomic mass is 16.6. The van der Waals surface area contributed by atoms with Crippen LogP contribution in [0.4, 0.5) is 5.69 Å². The number of imide groups is 1. The van der Waals surface area contributed by atoms with Crippen LogP contribution in [0.15, 0.2) is 48.5 Å². The average molecular weight is 323 g/mol. The summed E-state index contributed by atoms with van der Waals surface area (Å²) in [5.74, 6) is 0.793. The molecule has 0 aliphatic carbocycles. The number of carbonyl (C=O) groups is 2. The van der Waals surface area contributed by atoms with Crippen molar-refractivity contribution in [2.45, 2.75) is 18.8 Å². The molecule has 1 saturated heterocycles. The van der Waals surface area contributed by atoms with Gasteiger partial charge < -0.3 is 9.47 Å². The van der Waals surface area contributed by atoms with E-state index in [1.54, 1.807) is 18.2 Å². The van der Waals surface area contributed by atoms with E-state index in [9.17, 15) is 9.59 Å². The van der Waals surface area contributed by atoms with Gasteiger partial charge in [0.2, 0.25) is 11.8 Å². The van der Waals surface area contributed by atoms with Crippen molar-refractivity contribution in [2.24, 2.45) is 0 Å². The highest BCUT2D eigenvalue weighted by Gasteiger charge is 2.34. The van der Waals surface area contributed by atoms with Crippen LogP contribution in [0.1, 0.15) is 24.3 Å². The fraction of sp³-hybridized carbons (Fsp3) is 0.263. The molecule has 0 unspecified atom stereocenters. The molecule has 5 nitrogen and oxygen atoms in total. The molecular formula is C19H17NO4. The van der Waals surface area contributed by atoms with Crippen LogP contribution in [0, 0.1) is 0 Å². The van der Waals surface area contributed by atoms with Gasteiger partial charge in [-0.1, -0.05) is 30.3 Å². The standard InChI is InChI=1S/C19H17NO4/c21-18-10-14(13-4-2-1-3-5-13)11-19(22)20(18)15-6-7-16-17(12-15)24-9-8-23-16/h1-7,12,14H,8-11H2. The van der Waals surface area contributed by atoms with Crippen molar-refractivity contribution in [1.82, 2.24) is 0 Å². The van der Waals surface area contributed by atoms with Gasteiger partial charge in [0.05, 0.1) is 5.69 Å². The Morgan fingerprint density at radius 2 is 1.50 bits per heavy atom. The summed E-state index contributed by atoms with van der Waals surface area (Å²) in [5, 5.41) is 0. The van der Waals surface area contributed by atoms with Gasteiger partial charge in [-0.15, -0.1) is 0 Å². The zero-order chi connectivity index (χ0) is 16.5. The second kappa shape index (κ2) is 6.00. The molecule has 5 heteroatoms. The first-order valence-corrected chi connectivity index (χ1v) is 8.03. The van der Waals surface area contributed by atoms with Gasteiger partial charge in [-0.05, 0) is 17.7 Å². The first-order chi connectivity index (χ1) is 11.7. The molecule has 0 atom stereocenters. The number of nitrogens with zero attached hydrogens (tertiary/aromatic N) is 1. The molecule has 24 heavy (non-hydrogen) atoms. The predicted octanol–water partition coefficient (Wildman–Crippen LogP) is 2.90. The van der Waals surface area contributed by atoms with Crippen molar-refractivity contribution in [3.8, 4) is 11.5 Å². The normalized spacial score (nSPS) is 17.9. The highest BCUT2D eigenvalue weighted by molar-refractivity contribution is 6.17. The van der Waals surface area contributed by atoms with E-state index >= 15 is 0 Å². The Morgan fingerprint density at radius 3 is 2.21 bits per heavy atom. The summed E-state index contributed by atoms with van der Waals surface area (Å²) in [4.78, 5) is 26.4. The molecule has 2 aromatic rings. The van der Waals surface area contributed by atoms with Crippen LogP contribution in [0.2, 0.25) is 0 Å². The number of ether oxygens (including phenoxy) is 2. The summed E-state index contributed by atoms with van der Waals surface area (Å²) in [6.45, 7) is 0.973. The van der Waals surface area contributed by atoms with Gasteiger partial charge in [0.15, 0.2) is 11.5 Å². The van der Waals surface area contributed by atoms with Gasteiger partial charge in [0, 0.05) is 24.8 Å². The number of anilines is 1. The van der Waals surface area contributed by atoms with E-state index in [-0.39, 0.29) is 17.7 Å². The number of rotatable bonds is 2. The first-order valence-electron chi connectivity index (χ1n) is 8.03. The SMILES string of the molecule is O=C1CC(c2ccccc2)CC(=O)N1c1ccc2c(c1)OCCO2. The lowest BCUT2D eigenvalue weighted by atomic mass is 9.88. The van der Waals surface area contributed by atoms with E-state index in [2.05, 4.69) is 0 Å². The molecule has 2 heterocycles. The molecule has 0 spiro atoms. The first kappa shape index (κ1) is 14.8. The average Bonchev–Trinajstić information content (AvgIpc) is 2.62. The molecule has 122 valence electrons. The van der Waals surface area contributed by atoms with Gasteiger partial charge in [0.25, 0.3) is 0 Å². The van der Waals surface area contributed by atoms with Crippen molar-refractivity contribution in [3.63, 3.8) is 0 Å². The lowest BCUT2D eigenvalue weighted by Gasteiger charge is -2.31. The zero-order valence-electron chi connectivity index (χ0n) is 13.1. The maximum absolute atomic E-state index is 12.6. The van der Waals surface area contributed by atoms with Gasteiger partial charge in [-0.3, -0.25) is 14.5 Å². The number of fused-ring (bicyclic) bond motifs is 1. The number of benzene rings is 2. The van der Waals surface area contributed by atoms with Crippen molar-refractivity contribution in [1.29, 1.82) is 0 Å².